The number of rotatable bonds is 7. The highest BCUT2D eigenvalue weighted by Crippen LogP contribution is 2.36. The van der Waals surface area contributed by atoms with E-state index < -0.39 is 0 Å². The Morgan fingerprint density at radius 2 is 1.90 bits per heavy atom. The number of anilines is 1. The van der Waals surface area contributed by atoms with Gasteiger partial charge in [-0.15, -0.1) is 11.3 Å². The summed E-state index contributed by atoms with van der Waals surface area (Å²) < 4.78 is 10.5. The lowest BCUT2D eigenvalue weighted by molar-refractivity contribution is -0.113. The number of hydrogen-bond donors (Lipinski definition) is 1. The molecule has 0 fully saturated rings. The summed E-state index contributed by atoms with van der Waals surface area (Å²) in [5.74, 6) is 1.28. The molecule has 0 aliphatic heterocycles. The molecule has 0 bridgehead atoms. The van der Waals surface area contributed by atoms with Crippen LogP contribution >= 0.6 is 23.1 Å². The zero-order valence-corrected chi connectivity index (χ0v) is 18.0. The van der Waals surface area contributed by atoms with Gasteiger partial charge in [-0.25, -0.2) is 9.97 Å². The van der Waals surface area contributed by atoms with Crippen LogP contribution in [0.15, 0.2) is 66.0 Å². The molecule has 0 radical (unpaired) electrons. The lowest BCUT2D eigenvalue weighted by atomic mass is 10.2. The van der Waals surface area contributed by atoms with Crippen LogP contribution in [0.1, 0.15) is 0 Å². The van der Waals surface area contributed by atoms with Crippen LogP contribution in [0.4, 0.5) is 5.69 Å². The van der Waals surface area contributed by atoms with Crippen LogP contribution < -0.4 is 14.8 Å². The zero-order chi connectivity index (χ0) is 20.9. The van der Waals surface area contributed by atoms with Gasteiger partial charge in [-0.3, -0.25) is 4.79 Å². The Morgan fingerprint density at radius 3 is 2.67 bits per heavy atom. The fourth-order valence-corrected chi connectivity index (χ4v) is 4.76. The minimum absolute atomic E-state index is 0.145. The van der Waals surface area contributed by atoms with Crippen molar-refractivity contribution in [1.29, 1.82) is 0 Å². The zero-order valence-electron chi connectivity index (χ0n) is 16.4. The number of hydrogen-bond acceptors (Lipinski definition) is 7. The van der Waals surface area contributed by atoms with Gasteiger partial charge in [0, 0.05) is 16.3 Å². The summed E-state index contributed by atoms with van der Waals surface area (Å²) in [6.07, 6.45) is 1.54. The third-order valence-corrected chi connectivity index (χ3v) is 6.47. The SMILES string of the molecule is COc1ccc(NC(=O)CSc2ncnc3sc(-c4ccccc4)cc23)c(OC)c1. The normalized spacial score (nSPS) is 10.7. The van der Waals surface area contributed by atoms with Gasteiger partial charge < -0.3 is 14.8 Å². The van der Waals surface area contributed by atoms with Crippen molar-refractivity contribution < 1.29 is 14.3 Å². The molecule has 1 N–H and O–H groups in total. The Bertz CT molecular complexity index is 1180. The van der Waals surface area contributed by atoms with Gasteiger partial charge in [-0.1, -0.05) is 42.1 Å². The molecule has 2 aromatic heterocycles. The second-order valence-corrected chi connectivity index (χ2v) is 8.27. The van der Waals surface area contributed by atoms with E-state index in [1.165, 1.54) is 11.8 Å². The summed E-state index contributed by atoms with van der Waals surface area (Å²) in [7, 11) is 3.14. The first-order valence-corrected chi connectivity index (χ1v) is 10.9. The molecule has 152 valence electrons. The molecule has 2 aromatic carbocycles. The maximum absolute atomic E-state index is 12.5. The van der Waals surface area contributed by atoms with Crippen LogP contribution in [0.2, 0.25) is 0 Å². The van der Waals surface area contributed by atoms with Crippen molar-refractivity contribution in [2.24, 2.45) is 0 Å². The molecule has 1 amide bonds. The number of thioether (sulfide) groups is 1. The molecule has 4 rings (SSSR count). The lowest BCUT2D eigenvalue weighted by Crippen LogP contribution is -2.14. The topological polar surface area (TPSA) is 73.3 Å². The third kappa shape index (κ3) is 4.39. The number of methoxy groups -OCH3 is 2. The van der Waals surface area contributed by atoms with E-state index in [1.54, 1.807) is 50.1 Å². The summed E-state index contributed by atoms with van der Waals surface area (Å²) in [6, 6.07) is 17.5. The van der Waals surface area contributed by atoms with Crippen molar-refractivity contribution in [3.05, 3.63) is 60.9 Å². The Morgan fingerprint density at radius 1 is 1.07 bits per heavy atom. The van der Waals surface area contributed by atoms with Crippen molar-refractivity contribution in [2.75, 3.05) is 25.3 Å². The molecule has 2 heterocycles. The second-order valence-electron chi connectivity index (χ2n) is 6.28. The number of benzene rings is 2. The fourth-order valence-electron chi connectivity index (χ4n) is 2.92. The van der Waals surface area contributed by atoms with E-state index in [0.29, 0.717) is 17.2 Å². The largest absolute Gasteiger partial charge is 0.497 e. The molecule has 6 nitrogen and oxygen atoms in total. The number of carbonyl (C=O) groups is 1. The van der Waals surface area contributed by atoms with Crippen LogP contribution in [-0.4, -0.2) is 35.8 Å². The van der Waals surface area contributed by atoms with E-state index in [4.69, 9.17) is 9.47 Å². The van der Waals surface area contributed by atoms with Gasteiger partial charge in [-0.05, 0) is 23.8 Å². The summed E-state index contributed by atoms with van der Waals surface area (Å²) in [5, 5.41) is 4.63. The highest BCUT2D eigenvalue weighted by atomic mass is 32.2. The smallest absolute Gasteiger partial charge is 0.234 e. The summed E-state index contributed by atoms with van der Waals surface area (Å²) in [6.45, 7) is 0. The molecule has 0 spiro atoms. The number of ether oxygens (including phenoxy) is 2. The molecule has 4 aromatic rings. The average molecular weight is 438 g/mol. The maximum Gasteiger partial charge on any atom is 0.234 e. The van der Waals surface area contributed by atoms with E-state index in [-0.39, 0.29) is 11.7 Å². The van der Waals surface area contributed by atoms with Gasteiger partial charge in [0.05, 0.1) is 25.7 Å². The molecule has 0 saturated carbocycles. The molecular weight excluding hydrogens is 418 g/mol. The molecule has 30 heavy (non-hydrogen) atoms. The van der Waals surface area contributed by atoms with E-state index in [1.807, 2.05) is 18.2 Å². The standard InChI is InChI=1S/C22H19N3O3S2/c1-27-15-8-9-17(18(10-15)28-2)25-20(26)12-29-21-16-11-19(14-6-4-3-5-7-14)30-22(16)24-13-23-21/h3-11,13H,12H2,1-2H3,(H,25,26). The number of fused-ring (bicyclic) bond motifs is 1. The second kappa shape index (κ2) is 9.15. The van der Waals surface area contributed by atoms with E-state index in [2.05, 4.69) is 33.5 Å². The van der Waals surface area contributed by atoms with Crippen molar-refractivity contribution in [3.8, 4) is 21.9 Å². The number of thiophene rings is 1. The van der Waals surface area contributed by atoms with Gasteiger partial charge in [-0.2, -0.15) is 0 Å². The van der Waals surface area contributed by atoms with Crippen LogP contribution in [0, 0.1) is 0 Å². The predicted molar refractivity (Wildman–Crippen MR) is 122 cm³/mol. The molecule has 0 unspecified atom stereocenters. The van der Waals surface area contributed by atoms with Crippen molar-refractivity contribution >= 4 is 44.9 Å². The van der Waals surface area contributed by atoms with E-state index in [0.717, 1.165) is 25.7 Å². The quantitative estimate of drug-likeness (QED) is 0.320. The molecular formula is C22H19N3O3S2. The van der Waals surface area contributed by atoms with Crippen molar-refractivity contribution in [3.63, 3.8) is 0 Å². The monoisotopic (exact) mass is 437 g/mol. The number of nitrogens with zero attached hydrogens (tertiary/aromatic N) is 2. The Labute approximate surface area is 182 Å². The van der Waals surface area contributed by atoms with Gasteiger partial charge in [0.1, 0.15) is 27.7 Å². The van der Waals surface area contributed by atoms with Crippen molar-refractivity contribution in [2.45, 2.75) is 5.03 Å². The first-order valence-electron chi connectivity index (χ1n) is 9.12. The first kappa shape index (κ1) is 20.2. The summed E-state index contributed by atoms with van der Waals surface area (Å²) in [4.78, 5) is 23.3. The minimum atomic E-state index is -0.145. The number of carbonyl (C=O) groups excluding carboxylic acids is 1. The minimum Gasteiger partial charge on any atom is -0.497 e. The summed E-state index contributed by atoms with van der Waals surface area (Å²) >= 11 is 3.00. The first-order chi connectivity index (χ1) is 14.7. The molecule has 8 heteroatoms. The van der Waals surface area contributed by atoms with Crippen molar-refractivity contribution in [1.82, 2.24) is 9.97 Å². The van der Waals surface area contributed by atoms with Crippen LogP contribution in [0.25, 0.3) is 20.7 Å². The van der Waals surface area contributed by atoms with E-state index >= 15 is 0 Å². The summed E-state index contributed by atoms with van der Waals surface area (Å²) in [5.41, 5.74) is 1.74. The van der Waals surface area contributed by atoms with Crippen LogP contribution in [-0.2, 0) is 4.79 Å². The Kier molecular flexibility index (Phi) is 6.15. The highest BCUT2D eigenvalue weighted by Gasteiger charge is 2.14. The predicted octanol–water partition coefficient (Wildman–Crippen LogP) is 5.11. The molecule has 0 atom stereocenters. The van der Waals surface area contributed by atoms with Gasteiger partial charge >= 0.3 is 0 Å². The van der Waals surface area contributed by atoms with E-state index in [9.17, 15) is 4.79 Å². The maximum atomic E-state index is 12.5. The molecule has 0 aliphatic carbocycles. The number of nitrogens with one attached hydrogen (secondary N) is 1. The average Bonchev–Trinajstić information content (AvgIpc) is 3.23. The third-order valence-electron chi connectivity index (χ3n) is 4.37. The Balaban J connectivity index is 1.48. The molecule has 0 saturated heterocycles. The van der Waals surface area contributed by atoms with Gasteiger partial charge in [0.25, 0.3) is 0 Å². The Hall–Kier alpha value is -3.10. The lowest BCUT2D eigenvalue weighted by Gasteiger charge is -2.11. The van der Waals surface area contributed by atoms with Gasteiger partial charge in [0.15, 0.2) is 0 Å². The highest BCUT2D eigenvalue weighted by molar-refractivity contribution is 8.00. The van der Waals surface area contributed by atoms with Gasteiger partial charge in [0.2, 0.25) is 5.91 Å². The van der Waals surface area contributed by atoms with Crippen LogP contribution in [0.5, 0.6) is 11.5 Å². The molecule has 0 aliphatic rings. The fraction of sp³-hybridized carbons (Fsp3) is 0.136. The number of amides is 1. The van der Waals surface area contributed by atoms with Crippen LogP contribution in [0.3, 0.4) is 0 Å². The number of aromatic nitrogens is 2.